The maximum Gasteiger partial charge on any atom is 0.181 e. The Balaban J connectivity index is 2.06. The van der Waals surface area contributed by atoms with Gasteiger partial charge in [-0.2, -0.15) is 0 Å². The SMILES string of the molecule is OC(O)C1OC1c1ccccc1. The third-order valence-electron chi connectivity index (χ3n) is 1.95. The molecule has 1 aliphatic rings. The quantitative estimate of drug-likeness (QED) is 0.495. The maximum absolute atomic E-state index is 8.75. The zero-order chi connectivity index (χ0) is 8.55. The summed E-state index contributed by atoms with van der Waals surface area (Å²) in [4.78, 5) is 0. The standard InChI is InChI=1S/C9H10O3/c10-9(11)8-7(12-8)6-4-2-1-3-5-6/h1-5,7-11H. The van der Waals surface area contributed by atoms with E-state index in [-0.39, 0.29) is 6.10 Å². The molecule has 0 saturated carbocycles. The van der Waals surface area contributed by atoms with Crippen molar-refractivity contribution in [3.8, 4) is 0 Å². The number of epoxide rings is 1. The summed E-state index contributed by atoms with van der Waals surface area (Å²) in [6.07, 6.45) is -1.94. The van der Waals surface area contributed by atoms with Crippen LogP contribution in [-0.2, 0) is 4.74 Å². The van der Waals surface area contributed by atoms with Gasteiger partial charge in [0.2, 0.25) is 0 Å². The van der Waals surface area contributed by atoms with Gasteiger partial charge in [-0.05, 0) is 5.56 Å². The summed E-state index contributed by atoms with van der Waals surface area (Å²) in [5.74, 6) is 0. The molecule has 0 radical (unpaired) electrons. The fourth-order valence-electron chi connectivity index (χ4n) is 1.26. The van der Waals surface area contributed by atoms with Crippen molar-refractivity contribution in [3.63, 3.8) is 0 Å². The highest BCUT2D eigenvalue weighted by molar-refractivity contribution is 5.22. The average molecular weight is 166 g/mol. The van der Waals surface area contributed by atoms with Gasteiger partial charge in [0, 0.05) is 0 Å². The molecule has 1 heterocycles. The fraction of sp³-hybridized carbons (Fsp3) is 0.333. The fourth-order valence-corrected chi connectivity index (χ4v) is 1.26. The molecule has 1 aliphatic heterocycles. The van der Waals surface area contributed by atoms with Crippen LogP contribution in [0.5, 0.6) is 0 Å². The van der Waals surface area contributed by atoms with Crippen molar-refractivity contribution in [1.29, 1.82) is 0 Å². The van der Waals surface area contributed by atoms with Gasteiger partial charge in [0.25, 0.3) is 0 Å². The summed E-state index contributed by atoms with van der Waals surface area (Å²) in [5, 5.41) is 17.5. The minimum atomic E-state index is -1.37. The van der Waals surface area contributed by atoms with Gasteiger partial charge in [-0.3, -0.25) is 0 Å². The zero-order valence-electron chi connectivity index (χ0n) is 6.42. The van der Waals surface area contributed by atoms with E-state index in [0.717, 1.165) is 5.56 Å². The van der Waals surface area contributed by atoms with Crippen molar-refractivity contribution in [2.45, 2.75) is 18.5 Å². The molecule has 64 valence electrons. The predicted octanol–water partition coefficient (Wildman–Crippen LogP) is 0.437. The molecule has 0 aliphatic carbocycles. The number of rotatable bonds is 2. The molecule has 1 saturated heterocycles. The Labute approximate surface area is 70.2 Å². The zero-order valence-corrected chi connectivity index (χ0v) is 6.42. The molecule has 3 heteroatoms. The van der Waals surface area contributed by atoms with Gasteiger partial charge >= 0.3 is 0 Å². The van der Waals surface area contributed by atoms with E-state index in [9.17, 15) is 0 Å². The Morgan fingerprint density at radius 2 is 1.83 bits per heavy atom. The Morgan fingerprint density at radius 3 is 2.33 bits per heavy atom. The number of benzene rings is 1. The molecule has 0 spiro atoms. The predicted molar refractivity (Wildman–Crippen MR) is 42.3 cm³/mol. The summed E-state index contributed by atoms with van der Waals surface area (Å²) < 4.78 is 5.06. The second-order valence-corrected chi connectivity index (χ2v) is 2.85. The Morgan fingerprint density at radius 1 is 1.17 bits per heavy atom. The molecule has 0 aromatic heterocycles. The van der Waals surface area contributed by atoms with E-state index >= 15 is 0 Å². The molecule has 2 rings (SSSR count). The largest absolute Gasteiger partial charge is 0.366 e. The van der Waals surface area contributed by atoms with E-state index in [2.05, 4.69) is 0 Å². The lowest BCUT2D eigenvalue weighted by Crippen LogP contribution is -2.13. The molecule has 1 fully saturated rings. The second-order valence-electron chi connectivity index (χ2n) is 2.85. The van der Waals surface area contributed by atoms with E-state index in [1.807, 2.05) is 30.3 Å². The molecule has 1 aromatic rings. The third-order valence-corrected chi connectivity index (χ3v) is 1.95. The van der Waals surface area contributed by atoms with Crippen molar-refractivity contribution < 1.29 is 14.9 Å². The van der Waals surface area contributed by atoms with E-state index in [4.69, 9.17) is 14.9 Å². The first-order valence-electron chi connectivity index (χ1n) is 3.85. The van der Waals surface area contributed by atoms with Gasteiger partial charge in [-0.15, -0.1) is 0 Å². The van der Waals surface area contributed by atoms with Crippen molar-refractivity contribution >= 4 is 0 Å². The van der Waals surface area contributed by atoms with Crippen LogP contribution in [0, 0.1) is 0 Å². The molecular formula is C9H10O3. The number of aliphatic hydroxyl groups is 2. The summed E-state index contributed by atoms with van der Waals surface area (Å²) in [6, 6.07) is 9.53. The van der Waals surface area contributed by atoms with Gasteiger partial charge in [-0.25, -0.2) is 0 Å². The first-order chi connectivity index (χ1) is 5.79. The third kappa shape index (κ3) is 1.34. The van der Waals surface area contributed by atoms with Crippen molar-refractivity contribution in [3.05, 3.63) is 35.9 Å². The van der Waals surface area contributed by atoms with E-state index < -0.39 is 12.4 Å². The van der Waals surface area contributed by atoms with Gasteiger partial charge in [0.15, 0.2) is 6.29 Å². The summed E-state index contributed by atoms with van der Waals surface area (Å²) >= 11 is 0. The number of hydrogen-bond donors (Lipinski definition) is 2. The van der Waals surface area contributed by atoms with E-state index in [1.165, 1.54) is 0 Å². The first-order valence-corrected chi connectivity index (χ1v) is 3.85. The van der Waals surface area contributed by atoms with Crippen LogP contribution in [-0.4, -0.2) is 22.6 Å². The average Bonchev–Trinajstić information content (AvgIpc) is 2.84. The van der Waals surface area contributed by atoms with Gasteiger partial charge < -0.3 is 14.9 Å². The maximum atomic E-state index is 8.75. The Bertz CT molecular complexity index is 258. The Hall–Kier alpha value is -0.900. The van der Waals surface area contributed by atoms with Gasteiger partial charge in [0.05, 0.1) is 0 Å². The Kier molecular flexibility index (Phi) is 1.84. The van der Waals surface area contributed by atoms with Crippen molar-refractivity contribution in [2.24, 2.45) is 0 Å². The normalized spacial score (nSPS) is 27.6. The lowest BCUT2D eigenvalue weighted by Gasteiger charge is -1.96. The molecule has 12 heavy (non-hydrogen) atoms. The van der Waals surface area contributed by atoms with E-state index in [0.29, 0.717) is 0 Å². The number of aliphatic hydroxyl groups excluding tert-OH is 1. The lowest BCUT2D eigenvalue weighted by molar-refractivity contribution is -0.0582. The molecule has 2 unspecified atom stereocenters. The lowest BCUT2D eigenvalue weighted by atomic mass is 10.1. The van der Waals surface area contributed by atoms with Crippen LogP contribution in [0.2, 0.25) is 0 Å². The summed E-state index contributed by atoms with van der Waals surface area (Å²) in [5.41, 5.74) is 0.996. The minimum Gasteiger partial charge on any atom is -0.366 e. The molecular weight excluding hydrogens is 156 g/mol. The molecule has 0 bridgehead atoms. The van der Waals surface area contributed by atoms with Crippen LogP contribution in [0.3, 0.4) is 0 Å². The van der Waals surface area contributed by atoms with Gasteiger partial charge in [-0.1, -0.05) is 30.3 Å². The highest BCUT2D eigenvalue weighted by atomic mass is 16.6. The molecule has 0 amide bonds. The molecule has 1 aromatic carbocycles. The monoisotopic (exact) mass is 166 g/mol. The van der Waals surface area contributed by atoms with Crippen LogP contribution >= 0.6 is 0 Å². The number of hydrogen-bond acceptors (Lipinski definition) is 3. The number of ether oxygens (including phenoxy) is 1. The van der Waals surface area contributed by atoms with Crippen LogP contribution < -0.4 is 0 Å². The van der Waals surface area contributed by atoms with Crippen molar-refractivity contribution in [1.82, 2.24) is 0 Å². The second kappa shape index (κ2) is 2.86. The van der Waals surface area contributed by atoms with Crippen LogP contribution in [0.25, 0.3) is 0 Å². The van der Waals surface area contributed by atoms with E-state index in [1.54, 1.807) is 0 Å². The highest BCUT2D eigenvalue weighted by Crippen LogP contribution is 2.39. The molecule has 2 N–H and O–H groups in total. The molecule has 2 atom stereocenters. The minimum absolute atomic E-state index is 0.133. The summed E-state index contributed by atoms with van der Waals surface area (Å²) in [7, 11) is 0. The topological polar surface area (TPSA) is 53.0 Å². The van der Waals surface area contributed by atoms with Gasteiger partial charge in [0.1, 0.15) is 12.2 Å². The van der Waals surface area contributed by atoms with Crippen LogP contribution in [0.15, 0.2) is 30.3 Å². The van der Waals surface area contributed by atoms with Crippen LogP contribution in [0.4, 0.5) is 0 Å². The van der Waals surface area contributed by atoms with Crippen LogP contribution in [0.1, 0.15) is 11.7 Å². The summed E-state index contributed by atoms with van der Waals surface area (Å²) in [6.45, 7) is 0. The molecule has 3 nitrogen and oxygen atoms in total. The highest BCUT2D eigenvalue weighted by Gasteiger charge is 2.44. The smallest absolute Gasteiger partial charge is 0.181 e. The van der Waals surface area contributed by atoms with Crippen molar-refractivity contribution in [2.75, 3.05) is 0 Å². The first kappa shape index (κ1) is 7.73.